The number of carbonyl (C=O) groups is 2. The van der Waals surface area contributed by atoms with Gasteiger partial charge in [0.1, 0.15) is 0 Å². The summed E-state index contributed by atoms with van der Waals surface area (Å²) in [6, 6.07) is 1.91. The molecule has 1 fully saturated rings. The first-order chi connectivity index (χ1) is 11.0. The predicted molar refractivity (Wildman–Crippen MR) is 88.0 cm³/mol. The molecule has 1 aliphatic rings. The minimum Gasteiger partial charge on any atom is -0.340 e. The normalized spacial score (nSPS) is 15.0. The Bertz CT molecular complexity index is 527. The van der Waals surface area contributed by atoms with Crippen molar-refractivity contribution in [2.45, 2.75) is 33.2 Å². The van der Waals surface area contributed by atoms with Crippen molar-refractivity contribution in [3.8, 4) is 0 Å². The van der Waals surface area contributed by atoms with Crippen molar-refractivity contribution >= 4 is 17.8 Å². The van der Waals surface area contributed by atoms with Crippen LogP contribution in [0.15, 0.2) is 18.5 Å². The Morgan fingerprint density at radius 1 is 1.17 bits per heavy atom. The van der Waals surface area contributed by atoms with Crippen LogP contribution in [0.2, 0.25) is 0 Å². The highest BCUT2D eigenvalue weighted by Gasteiger charge is 2.23. The van der Waals surface area contributed by atoms with Gasteiger partial charge in [-0.05, 0) is 19.9 Å². The lowest BCUT2D eigenvalue weighted by Crippen LogP contribution is -2.50. The van der Waals surface area contributed by atoms with Crippen molar-refractivity contribution < 1.29 is 9.59 Å². The topological polar surface area (TPSA) is 69.6 Å². The number of rotatable bonds is 5. The zero-order valence-corrected chi connectivity index (χ0v) is 14.1. The average Bonchev–Trinajstić information content (AvgIpc) is 2.55. The van der Waals surface area contributed by atoms with Gasteiger partial charge in [-0.2, -0.15) is 0 Å². The first-order valence-corrected chi connectivity index (χ1v) is 8.06. The van der Waals surface area contributed by atoms with Crippen molar-refractivity contribution in [2.24, 2.45) is 0 Å². The highest BCUT2D eigenvalue weighted by atomic mass is 16.2. The van der Waals surface area contributed by atoms with E-state index in [0.29, 0.717) is 32.0 Å². The fraction of sp³-hybridized carbons (Fsp3) is 0.625. The predicted octanol–water partition coefficient (Wildman–Crippen LogP) is 0.772. The van der Waals surface area contributed by atoms with Crippen LogP contribution in [0, 0.1) is 0 Å². The summed E-state index contributed by atoms with van der Waals surface area (Å²) < 4.78 is 0. The quantitative estimate of drug-likeness (QED) is 0.802. The summed E-state index contributed by atoms with van der Waals surface area (Å²) in [6.45, 7) is 8.75. The van der Waals surface area contributed by atoms with E-state index >= 15 is 0 Å². The van der Waals surface area contributed by atoms with Gasteiger partial charge in [-0.3, -0.25) is 9.59 Å². The van der Waals surface area contributed by atoms with Gasteiger partial charge in [0.2, 0.25) is 17.8 Å². The van der Waals surface area contributed by atoms with Gasteiger partial charge < -0.3 is 14.7 Å². The second-order valence-electron chi connectivity index (χ2n) is 5.97. The Morgan fingerprint density at radius 2 is 1.78 bits per heavy atom. The third-order valence-electron chi connectivity index (χ3n) is 4.06. The molecule has 0 unspecified atom stereocenters. The van der Waals surface area contributed by atoms with Crippen LogP contribution >= 0.6 is 0 Å². The van der Waals surface area contributed by atoms with E-state index in [1.54, 1.807) is 30.3 Å². The van der Waals surface area contributed by atoms with E-state index in [-0.39, 0.29) is 17.9 Å². The molecule has 0 atom stereocenters. The number of hydrogen-bond acceptors (Lipinski definition) is 5. The maximum absolute atomic E-state index is 12.3. The van der Waals surface area contributed by atoms with Crippen molar-refractivity contribution in [1.82, 2.24) is 19.8 Å². The minimum absolute atomic E-state index is 0.0128. The lowest BCUT2D eigenvalue weighted by atomic mass is 10.2. The molecule has 1 aromatic heterocycles. The van der Waals surface area contributed by atoms with Crippen molar-refractivity contribution in [3.05, 3.63) is 18.5 Å². The smallest absolute Gasteiger partial charge is 0.225 e. The Morgan fingerprint density at radius 3 is 2.30 bits per heavy atom. The van der Waals surface area contributed by atoms with Gasteiger partial charge in [0.25, 0.3) is 0 Å². The molecule has 0 aliphatic carbocycles. The molecular weight excluding hydrogens is 294 g/mol. The molecule has 0 N–H and O–H groups in total. The molecule has 0 aromatic carbocycles. The molecule has 2 heterocycles. The summed E-state index contributed by atoms with van der Waals surface area (Å²) in [5, 5.41) is 0. The number of amides is 2. The molecule has 0 bridgehead atoms. The SMILES string of the molecule is CC(=O)N(CCC(=O)N1CCN(c2ncccn2)CC1)C(C)C. The summed E-state index contributed by atoms with van der Waals surface area (Å²) in [7, 11) is 0. The fourth-order valence-electron chi connectivity index (χ4n) is 2.76. The van der Waals surface area contributed by atoms with E-state index in [2.05, 4.69) is 14.9 Å². The Hall–Kier alpha value is -2.18. The number of anilines is 1. The second-order valence-corrected chi connectivity index (χ2v) is 5.97. The molecule has 7 nitrogen and oxygen atoms in total. The Balaban J connectivity index is 1.81. The standard InChI is InChI=1S/C16H25N5O2/c1-13(2)21(14(3)22)8-5-15(23)19-9-11-20(12-10-19)16-17-6-4-7-18-16/h4,6-7,13H,5,8-12H2,1-3H3. The van der Waals surface area contributed by atoms with Crippen LogP contribution in [0.3, 0.4) is 0 Å². The summed E-state index contributed by atoms with van der Waals surface area (Å²) in [5.74, 6) is 0.825. The molecule has 2 amide bonds. The number of piperazine rings is 1. The molecular formula is C16H25N5O2. The average molecular weight is 319 g/mol. The van der Waals surface area contributed by atoms with Gasteiger partial charge >= 0.3 is 0 Å². The van der Waals surface area contributed by atoms with E-state index < -0.39 is 0 Å². The Labute approximate surface area is 137 Å². The number of aromatic nitrogens is 2. The van der Waals surface area contributed by atoms with E-state index in [1.807, 2.05) is 18.7 Å². The molecule has 126 valence electrons. The van der Waals surface area contributed by atoms with Crippen LogP contribution in [0.5, 0.6) is 0 Å². The third kappa shape index (κ3) is 4.64. The molecule has 1 aliphatic heterocycles. The van der Waals surface area contributed by atoms with Crippen molar-refractivity contribution in [3.63, 3.8) is 0 Å². The first kappa shape index (κ1) is 17.2. The molecule has 0 radical (unpaired) electrons. The summed E-state index contributed by atoms with van der Waals surface area (Å²) in [6.07, 6.45) is 3.82. The second kappa shape index (κ2) is 7.89. The zero-order valence-electron chi connectivity index (χ0n) is 14.1. The molecule has 1 aromatic rings. The van der Waals surface area contributed by atoms with E-state index in [1.165, 1.54) is 0 Å². The molecule has 2 rings (SSSR count). The maximum Gasteiger partial charge on any atom is 0.225 e. The van der Waals surface area contributed by atoms with Crippen molar-refractivity contribution in [1.29, 1.82) is 0 Å². The van der Waals surface area contributed by atoms with Crippen LogP contribution in [0.4, 0.5) is 5.95 Å². The molecule has 1 saturated heterocycles. The van der Waals surface area contributed by atoms with Crippen LogP contribution in [0.25, 0.3) is 0 Å². The third-order valence-corrected chi connectivity index (χ3v) is 4.06. The summed E-state index contributed by atoms with van der Waals surface area (Å²) >= 11 is 0. The van der Waals surface area contributed by atoms with Gasteiger partial charge in [-0.15, -0.1) is 0 Å². The summed E-state index contributed by atoms with van der Waals surface area (Å²) in [4.78, 5) is 38.0. The minimum atomic E-state index is 0.0128. The van der Waals surface area contributed by atoms with E-state index in [4.69, 9.17) is 0 Å². The number of hydrogen-bond donors (Lipinski definition) is 0. The monoisotopic (exact) mass is 319 g/mol. The highest BCUT2D eigenvalue weighted by Crippen LogP contribution is 2.11. The number of nitrogens with zero attached hydrogens (tertiary/aromatic N) is 5. The molecule has 7 heteroatoms. The van der Waals surface area contributed by atoms with Crippen LogP contribution in [-0.4, -0.2) is 70.3 Å². The largest absolute Gasteiger partial charge is 0.340 e. The van der Waals surface area contributed by atoms with Gasteiger partial charge in [-0.1, -0.05) is 0 Å². The van der Waals surface area contributed by atoms with Gasteiger partial charge in [-0.25, -0.2) is 9.97 Å². The van der Waals surface area contributed by atoms with Crippen molar-refractivity contribution in [2.75, 3.05) is 37.6 Å². The fourth-order valence-corrected chi connectivity index (χ4v) is 2.76. The van der Waals surface area contributed by atoms with Gasteiger partial charge in [0.15, 0.2) is 0 Å². The maximum atomic E-state index is 12.3. The van der Waals surface area contributed by atoms with Crippen LogP contribution in [-0.2, 0) is 9.59 Å². The molecule has 23 heavy (non-hydrogen) atoms. The highest BCUT2D eigenvalue weighted by molar-refractivity contribution is 5.78. The van der Waals surface area contributed by atoms with Crippen LogP contribution < -0.4 is 4.90 Å². The summed E-state index contributed by atoms with van der Waals surface area (Å²) in [5.41, 5.74) is 0. The first-order valence-electron chi connectivity index (χ1n) is 8.06. The zero-order chi connectivity index (χ0) is 16.8. The molecule has 0 saturated carbocycles. The lowest BCUT2D eigenvalue weighted by molar-refractivity contribution is -0.134. The van der Waals surface area contributed by atoms with Gasteiger partial charge in [0.05, 0.1) is 0 Å². The van der Waals surface area contributed by atoms with E-state index in [0.717, 1.165) is 13.1 Å². The lowest BCUT2D eigenvalue weighted by Gasteiger charge is -2.35. The Kier molecular flexibility index (Phi) is 5.90. The molecule has 0 spiro atoms. The number of carbonyl (C=O) groups excluding carboxylic acids is 2. The van der Waals surface area contributed by atoms with Gasteiger partial charge in [0, 0.05) is 64.5 Å². The van der Waals surface area contributed by atoms with Crippen LogP contribution in [0.1, 0.15) is 27.2 Å². The van der Waals surface area contributed by atoms with E-state index in [9.17, 15) is 9.59 Å².